The third kappa shape index (κ3) is 3.97. The first kappa shape index (κ1) is 16.6. The molecule has 3 N–H and O–H groups in total. The van der Waals surface area contributed by atoms with Crippen LogP contribution in [-0.4, -0.2) is 61.8 Å². The normalized spacial score (nSPS) is 24.5. The Labute approximate surface area is 141 Å². The Bertz CT molecular complexity index is 580. The number of carbonyl (C=O) groups is 2. The van der Waals surface area contributed by atoms with Gasteiger partial charge in [0.25, 0.3) is 0 Å². The van der Waals surface area contributed by atoms with Gasteiger partial charge in [0.1, 0.15) is 0 Å². The molecule has 1 aromatic rings. The Morgan fingerprint density at radius 3 is 2.71 bits per heavy atom. The first-order chi connectivity index (χ1) is 11.6. The van der Waals surface area contributed by atoms with E-state index in [4.69, 9.17) is 10.5 Å². The van der Waals surface area contributed by atoms with Crippen LogP contribution in [0, 0.1) is 0 Å². The lowest BCUT2D eigenvalue weighted by atomic mass is 10.0. The highest BCUT2D eigenvalue weighted by molar-refractivity contribution is 5.81. The van der Waals surface area contributed by atoms with Crippen molar-refractivity contribution in [1.29, 1.82) is 0 Å². The standard InChI is InChI=1S/C17H24N4O3/c18-16(22)15-12-21(9-10-24-15)17(23)19-13-5-4-8-20(11-13)14-6-2-1-3-7-14/h1-3,6-7,13,15H,4-5,8-12H2,(H2,18,22)(H,19,23). The predicted molar refractivity (Wildman–Crippen MR) is 90.7 cm³/mol. The van der Waals surface area contributed by atoms with Gasteiger partial charge in [0.05, 0.1) is 13.2 Å². The number of amides is 3. The summed E-state index contributed by atoms with van der Waals surface area (Å²) in [5.74, 6) is -0.527. The number of ether oxygens (including phenoxy) is 1. The summed E-state index contributed by atoms with van der Waals surface area (Å²) in [6.07, 6.45) is 1.28. The van der Waals surface area contributed by atoms with Crippen molar-refractivity contribution < 1.29 is 14.3 Å². The van der Waals surface area contributed by atoms with Gasteiger partial charge in [-0.15, -0.1) is 0 Å². The first-order valence-corrected chi connectivity index (χ1v) is 8.40. The third-order valence-corrected chi connectivity index (χ3v) is 4.54. The smallest absolute Gasteiger partial charge is 0.317 e. The number of rotatable bonds is 3. The lowest BCUT2D eigenvalue weighted by molar-refractivity contribution is -0.133. The number of carbonyl (C=O) groups excluding carboxylic acids is 2. The number of nitrogens with zero attached hydrogens (tertiary/aromatic N) is 2. The van der Waals surface area contributed by atoms with Crippen LogP contribution in [0.5, 0.6) is 0 Å². The van der Waals surface area contributed by atoms with Crippen molar-refractivity contribution in [3.8, 4) is 0 Å². The van der Waals surface area contributed by atoms with Crippen LogP contribution in [0.15, 0.2) is 30.3 Å². The zero-order chi connectivity index (χ0) is 16.9. The second-order valence-electron chi connectivity index (χ2n) is 6.28. The van der Waals surface area contributed by atoms with E-state index in [1.165, 1.54) is 5.69 Å². The fourth-order valence-corrected chi connectivity index (χ4v) is 3.24. The fraction of sp³-hybridized carbons (Fsp3) is 0.529. The molecule has 0 bridgehead atoms. The fourth-order valence-electron chi connectivity index (χ4n) is 3.24. The van der Waals surface area contributed by atoms with Gasteiger partial charge in [-0.05, 0) is 25.0 Å². The maximum absolute atomic E-state index is 12.5. The van der Waals surface area contributed by atoms with Gasteiger partial charge in [0.15, 0.2) is 6.10 Å². The summed E-state index contributed by atoms with van der Waals surface area (Å²) in [5, 5.41) is 3.09. The van der Waals surface area contributed by atoms with Crippen molar-refractivity contribution in [2.75, 3.05) is 37.7 Å². The molecule has 7 heteroatoms. The number of urea groups is 1. The van der Waals surface area contributed by atoms with E-state index in [1.807, 2.05) is 18.2 Å². The van der Waals surface area contributed by atoms with E-state index >= 15 is 0 Å². The average molecular weight is 332 g/mol. The SMILES string of the molecule is NC(=O)C1CN(C(=O)NC2CCCN(c3ccccc3)C2)CCO1. The molecule has 2 fully saturated rings. The molecule has 2 aliphatic rings. The molecule has 130 valence electrons. The summed E-state index contributed by atoms with van der Waals surface area (Å²) < 4.78 is 5.28. The largest absolute Gasteiger partial charge is 0.369 e. The first-order valence-electron chi connectivity index (χ1n) is 8.40. The highest BCUT2D eigenvalue weighted by atomic mass is 16.5. The quantitative estimate of drug-likeness (QED) is 0.846. The summed E-state index contributed by atoms with van der Waals surface area (Å²) in [5.41, 5.74) is 6.44. The van der Waals surface area contributed by atoms with Crippen LogP contribution >= 0.6 is 0 Å². The topological polar surface area (TPSA) is 87.9 Å². The highest BCUT2D eigenvalue weighted by Crippen LogP contribution is 2.19. The molecule has 2 saturated heterocycles. The van der Waals surface area contributed by atoms with E-state index < -0.39 is 12.0 Å². The van der Waals surface area contributed by atoms with Crippen molar-refractivity contribution >= 4 is 17.6 Å². The molecule has 3 rings (SSSR count). The molecule has 0 saturated carbocycles. The van der Waals surface area contributed by atoms with Crippen molar-refractivity contribution in [3.63, 3.8) is 0 Å². The molecule has 0 radical (unpaired) electrons. The molecule has 24 heavy (non-hydrogen) atoms. The number of nitrogens with two attached hydrogens (primary N) is 1. The second kappa shape index (κ2) is 7.53. The molecule has 0 aromatic heterocycles. The van der Waals surface area contributed by atoms with Gasteiger partial charge in [-0.25, -0.2) is 4.79 Å². The maximum Gasteiger partial charge on any atom is 0.317 e. The number of primary amides is 1. The summed E-state index contributed by atoms with van der Waals surface area (Å²) >= 11 is 0. The van der Waals surface area contributed by atoms with Crippen molar-refractivity contribution in [3.05, 3.63) is 30.3 Å². The Kier molecular flexibility index (Phi) is 5.20. The Morgan fingerprint density at radius 2 is 1.96 bits per heavy atom. The van der Waals surface area contributed by atoms with Crippen LogP contribution in [0.4, 0.5) is 10.5 Å². The third-order valence-electron chi connectivity index (χ3n) is 4.54. The molecule has 3 amide bonds. The van der Waals surface area contributed by atoms with E-state index in [0.717, 1.165) is 25.9 Å². The maximum atomic E-state index is 12.5. The average Bonchev–Trinajstić information content (AvgIpc) is 2.63. The molecule has 7 nitrogen and oxygen atoms in total. The van der Waals surface area contributed by atoms with Crippen molar-refractivity contribution in [2.24, 2.45) is 5.73 Å². The van der Waals surface area contributed by atoms with Gasteiger partial charge in [-0.1, -0.05) is 18.2 Å². The molecular formula is C17H24N4O3. The number of para-hydroxylation sites is 1. The van der Waals surface area contributed by atoms with E-state index in [-0.39, 0.29) is 18.6 Å². The minimum absolute atomic E-state index is 0.0985. The number of benzene rings is 1. The molecule has 1 aromatic carbocycles. The number of nitrogens with one attached hydrogen (secondary N) is 1. The van der Waals surface area contributed by atoms with Crippen molar-refractivity contribution in [2.45, 2.75) is 25.0 Å². The van der Waals surface area contributed by atoms with Crippen LogP contribution in [0.1, 0.15) is 12.8 Å². The van der Waals surface area contributed by atoms with Crippen LogP contribution in [0.2, 0.25) is 0 Å². The minimum Gasteiger partial charge on any atom is -0.369 e. The predicted octanol–water partition coefficient (Wildman–Crippen LogP) is 0.551. The van der Waals surface area contributed by atoms with E-state index in [2.05, 4.69) is 22.3 Å². The monoisotopic (exact) mass is 332 g/mol. The number of anilines is 1. The van der Waals surface area contributed by atoms with E-state index in [1.54, 1.807) is 4.90 Å². The highest BCUT2D eigenvalue weighted by Gasteiger charge is 2.29. The Hall–Kier alpha value is -2.28. The summed E-state index contributed by atoms with van der Waals surface area (Å²) in [6.45, 7) is 2.82. The van der Waals surface area contributed by atoms with E-state index in [0.29, 0.717) is 13.2 Å². The summed E-state index contributed by atoms with van der Waals surface area (Å²) in [6, 6.07) is 10.2. The van der Waals surface area contributed by atoms with E-state index in [9.17, 15) is 9.59 Å². The van der Waals surface area contributed by atoms with Gasteiger partial charge >= 0.3 is 6.03 Å². The number of piperidine rings is 1. The van der Waals surface area contributed by atoms with Crippen LogP contribution in [-0.2, 0) is 9.53 Å². The zero-order valence-electron chi connectivity index (χ0n) is 13.7. The summed E-state index contributed by atoms with van der Waals surface area (Å²) in [7, 11) is 0. The molecule has 2 heterocycles. The van der Waals surface area contributed by atoms with Crippen molar-refractivity contribution in [1.82, 2.24) is 10.2 Å². The van der Waals surface area contributed by atoms with Gasteiger partial charge in [-0.2, -0.15) is 0 Å². The van der Waals surface area contributed by atoms with Gasteiger partial charge < -0.3 is 25.6 Å². The minimum atomic E-state index is -0.711. The number of hydrogen-bond donors (Lipinski definition) is 2. The molecule has 2 unspecified atom stereocenters. The molecule has 2 aliphatic heterocycles. The van der Waals surface area contributed by atoms with Gasteiger partial charge in [-0.3, -0.25) is 4.79 Å². The van der Waals surface area contributed by atoms with Crippen LogP contribution in [0.25, 0.3) is 0 Å². The lowest BCUT2D eigenvalue weighted by Gasteiger charge is -2.37. The van der Waals surface area contributed by atoms with Gasteiger partial charge in [0.2, 0.25) is 5.91 Å². The Morgan fingerprint density at radius 1 is 1.17 bits per heavy atom. The van der Waals surface area contributed by atoms with Crippen LogP contribution < -0.4 is 16.0 Å². The molecule has 0 aliphatic carbocycles. The number of morpholine rings is 1. The summed E-state index contributed by atoms with van der Waals surface area (Å²) in [4.78, 5) is 27.6. The molecular weight excluding hydrogens is 308 g/mol. The Balaban J connectivity index is 1.55. The molecule has 0 spiro atoms. The molecule has 2 atom stereocenters. The van der Waals surface area contributed by atoms with Gasteiger partial charge in [0, 0.05) is 31.4 Å². The van der Waals surface area contributed by atoms with Crippen LogP contribution in [0.3, 0.4) is 0 Å². The zero-order valence-corrected chi connectivity index (χ0v) is 13.7. The lowest BCUT2D eigenvalue weighted by Crippen LogP contribution is -2.56. The second-order valence-corrected chi connectivity index (χ2v) is 6.28. The number of hydrogen-bond acceptors (Lipinski definition) is 4.